The van der Waals surface area contributed by atoms with E-state index in [2.05, 4.69) is 15.6 Å². The van der Waals surface area contributed by atoms with E-state index < -0.39 is 9.84 Å². The van der Waals surface area contributed by atoms with Gasteiger partial charge in [0, 0.05) is 18.8 Å². The summed E-state index contributed by atoms with van der Waals surface area (Å²) >= 11 is 0. The molecule has 156 valence electrons. The zero-order chi connectivity index (χ0) is 19.6. The number of benzene rings is 1. The number of sulfone groups is 1. The van der Waals surface area contributed by atoms with Crippen molar-refractivity contribution in [2.24, 2.45) is 4.99 Å². The summed E-state index contributed by atoms with van der Waals surface area (Å²) in [5, 5.41) is 6.39. The van der Waals surface area contributed by atoms with E-state index in [1.165, 1.54) is 6.26 Å². The molecule has 1 aromatic carbocycles. The topological polar surface area (TPSA) is 89.0 Å². The number of guanidine groups is 1. The molecule has 0 aliphatic carbocycles. The lowest BCUT2D eigenvalue weighted by Crippen LogP contribution is -2.43. The average Bonchev–Trinajstić information content (AvgIpc) is 2.58. The zero-order valence-electron chi connectivity index (χ0n) is 16.7. The molecule has 2 atom stereocenters. The molecule has 0 aromatic heterocycles. The van der Waals surface area contributed by atoms with E-state index >= 15 is 0 Å². The van der Waals surface area contributed by atoms with Crippen LogP contribution in [0.25, 0.3) is 0 Å². The second-order valence-electron chi connectivity index (χ2n) is 6.29. The van der Waals surface area contributed by atoms with E-state index in [4.69, 9.17) is 9.47 Å². The highest BCUT2D eigenvalue weighted by molar-refractivity contribution is 14.0. The van der Waals surface area contributed by atoms with Crippen molar-refractivity contribution in [3.63, 3.8) is 0 Å². The fourth-order valence-electron chi connectivity index (χ4n) is 2.16. The highest BCUT2D eigenvalue weighted by atomic mass is 127. The second kappa shape index (κ2) is 13.0. The van der Waals surface area contributed by atoms with Crippen molar-refractivity contribution < 1.29 is 17.9 Å². The third-order valence-electron chi connectivity index (χ3n) is 3.55. The van der Waals surface area contributed by atoms with Crippen molar-refractivity contribution in [3.05, 3.63) is 24.3 Å². The maximum absolute atomic E-state index is 11.3. The van der Waals surface area contributed by atoms with Crippen molar-refractivity contribution in [2.45, 2.75) is 39.3 Å². The summed E-state index contributed by atoms with van der Waals surface area (Å²) in [4.78, 5) is 4.52. The predicted octanol–water partition coefficient (Wildman–Crippen LogP) is 2.46. The van der Waals surface area contributed by atoms with Crippen LogP contribution in [0.3, 0.4) is 0 Å². The number of nitrogens with zero attached hydrogens (tertiary/aromatic N) is 1. The monoisotopic (exact) mass is 513 g/mol. The molecular formula is C18H32IN3O4S. The summed E-state index contributed by atoms with van der Waals surface area (Å²) in [5.74, 6) is 2.34. The van der Waals surface area contributed by atoms with E-state index in [0.29, 0.717) is 18.9 Å². The molecule has 7 nitrogen and oxygen atoms in total. The molecule has 0 saturated heterocycles. The highest BCUT2D eigenvalue weighted by Gasteiger charge is 2.10. The summed E-state index contributed by atoms with van der Waals surface area (Å²) < 4.78 is 33.5. The van der Waals surface area contributed by atoms with E-state index in [1.807, 2.05) is 45.0 Å². The van der Waals surface area contributed by atoms with Crippen LogP contribution >= 0.6 is 24.0 Å². The number of methoxy groups -OCH3 is 1. The van der Waals surface area contributed by atoms with Gasteiger partial charge in [-0.2, -0.15) is 0 Å². The Morgan fingerprint density at radius 3 is 2.30 bits per heavy atom. The van der Waals surface area contributed by atoms with Crippen LogP contribution in [0.5, 0.6) is 11.5 Å². The van der Waals surface area contributed by atoms with Crippen LogP contribution in [0, 0.1) is 0 Å². The van der Waals surface area contributed by atoms with E-state index in [9.17, 15) is 8.42 Å². The number of nitrogens with one attached hydrogen (secondary N) is 2. The van der Waals surface area contributed by atoms with Crippen LogP contribution in [-0.2, 0) is 9.84 Å². The van der Waals surface area contributed by atoms with Gasteiger partial charge in [0.05, 0.1) is 19.4 Å². The van der Waals surface area contributed by atoms with Gasteiger partial charge in [-0.1, -0.05) is 0 Å². The number of halogens is 1. The Balaban J connectivity index is 0.00000676. The van der Waals surface area contributed by atoms with E-state index in [1.54, 1.807) is 7.11 Å². The number of aliphatic imine (C=N–C) groups is 1. The summed E-state index contributed by atoms with van der Waals surface area (Å²) in [7, 11) is -1.34. The third kappa shape index (κ3) is 12.0. The predicted molar refractivity (Wildman–Crippen MR) is 121 cm³/mol. The van der Waals surface area contributed by atoms with Gasteiger partial charge in [0.25, 0.3) is 0 Å². The molecule has 1 aromatic rings. The number of ether oxygens (including phenoxy) is 2. The van der Waals surface area contributed by atoms with Gasteiger partial charge in [-0.15, -0.1) is 24.0 Å². The first-order chi connectivity index (χ1) is 12.2. The Morgan fingerprint density at radius 1 is 1.19 bits per heavy atom. The smallest absolute Gasteiger partial charge is 0.191 e. The molecule has 0 heterocycles. The van der Waals surface area contributed by atoms with Crippen LogP contribution in [0.4, 0.5) is 0 Å². The Labute approximate surface area is 180 Å². The fourth-order valence-corrected chi connectivity index (χ4v) is 2.94. The Bertz CT molecular complexity index is 666. The Kier molecular flexibility index (Phi) is 12.4. The molecule has 0 aliphatic rings. The van der Waals surface area contributed by atoms with Crippen LogP contribution in [0.2, 0.25) is 0 Å². The number of hydrogen-bond donors (Lipinski definition) is 2. The largest absolute Gasteiger partial charge is 0.497 e. The van der Waals surface area contributed by atoms with Gasteiger partial charge in [-0.3, -0.25) is 0 Å². The van der Waals surface area contributed by atoms with Gasteiger partial charge in [0.2, 0.25) is 0 Å². The molecule has 0 radical (unpaired) electrons. The average molecular weight is 513 g/mol. The van der Waals surface area contributed by atoms with Crippen molar-refractivity contribution in [1.82, 2.24) is 10.6 Å². The Morgan fingerprint density at radius 2 is 1.78 bits per heavy atom. The molecule has 2 N–H and O–H groups in total. The van der Waals surface area contributed by atoms with Crippen LogP contribution in [0.1, 0.15) is 27.2 Å². The quantitative estimate of drug-likeness (QED) is 0.284. The van der Waals surface area contributed by atoms with Crippen molar-refractivity contribution in [1.29, 1.82) is 0 Å². The van der Waals surface area contributed by atoms with Gasteiger partial charge in [-0.25, -0.2) is 13.4 Å². The molecule has 0 spiro atoms. The first-order valence-electron chi connectivity index (χ1n) is 8.76. The molecule has 0 amide bonds. The molecule has 27 heavy (non-hydrogen) atoms. The highest BCUT2D eigenvalue weighted by Crippen LogP contribution is 2.18. The van der Waals surface area contributed by atoms with Gasteiger partial charge in [-0.05, 0) is 51.5 Å². The van der Waals surface area contributed by atoms with E-state index in [0.717, 1.165) is 18.0 Å². The first-order valence-corrected chi connectivity index (χ1v) is 10.8. The van der Waals surface area contributed by atoms with Gasteiger partial charge >= 0.3 is 0 Å². The molecule has 0 saturated carbocycles. The van der Waals surface area contributed by atoms with Crippen molar-refractivity contribution >= 4 is 39.8 Å². The molecule has 0 fully saturated rings. The lowest BCUT2D eigenvalue weighted by Gasteiger charge is -2.19. The molecular weight excluding hydrogens is 481 g/mol. The number of hydrogen-bond acceptors (Lipinski definition) is 5. The zero-order valence-corrected chi connectivity index (χ0v) is 19.8. The SMILES string of the molecule is CCNC(=NCC(C)Oc1ccc(OC)cc1)NC(C)CCS(C)(=O)=O.I. The lowest BCUT2D eigenvalue weighted by atomic mass is 10.3. The lowest BCUT2D eigenvalue weighted by molar-refractivity contribution is 0.230. The summed E-state index contributed by atoms with van der Waals surface area (Å²) in [6.45, 7) is 7.06. The van der Waals surface area contributed by atoms with Gasteiger partial charge < -0.3 is 20.1 Å². The van der Waals surface area contributed by atoms with Crippen molar-refractivity contribution in [3.8, 4) is 11.5 Å². The summed E-state index contributed by atoms with van der Waals surface area (Å²) in [6, 6.07) is 7.41. The standard InChI is InChI=1S/C18H31N3O4S.HI/c1-6-19-18(21-14(2)11-12-26(5,22)23)20-13-15(3)25-17-9-7-16(24-4)8-10-17;/h7-10,14-15H,6,11-13H2,1-5H3,(H2,19,20,21);1H. The number of rotatable bonds is 10. The van der Waals surface area contributed by atoms with Gasteiger partial charge in [0.15, 0.2) is 5.96 Å². The Hall–Kier alpha value is -1.23. The third-order valence-corrected chi connectivity index (χ3v) is 4.53. The van der Waals surface area contributed by atoms with Crippen LogP contribution < -0.4 is 20.1 Å². The second-order valence-corrected chi connectivity index (χ2v) is 8.55. The maximum atomic E-state index is 11.3. The van der Waals surface area contributed by atoms with E-state index in [-0.39, 0.29) is 41.9 Å². The molecule has 9 heteroatoms. The van der Waals surface area contributed by atoms with Crippen LogP contribution in [0.15, 0.2) is 29.3 Å². The van der Waals surface area contributed by atoms with Crippen molar-refractivity contribution in [2.75, 3.05) is 32.2 Å². The normalized spacial score (nSPS) is 13.9. The fraction of sp³-hybridized carbons (Fsp3) is 0.611. The van der Waals surface area contributed by atoms with Crippen LogP contribution in [-0.4, -0.2) is 58.7 Å². The molecule has 2 unspecified atom stereocenters. The molecule has 1 rings (SSSR count). The maximum Gasteiger partial charge on any atom is 0.191 e. The minimum absolute atomic E-state index is 0. The summed E-state index contributed by atoms with van der Waals surface area (Å²) in [5.41, 5.74) is 0. The first kappa shape index (κ1) is 25.8. The van der Waals surface area contributed by atoms with Gasteiger partial charge in [0.1, 0.15) is 27.4 Å². The minimum atomic E-state index is -2.96. The molecule has 0 bridgehead atoms. The molecule has 0 aliphatic heterocycles. The minimum Gasteiger partial charge on any atom is -0.497 e. The summed E-state index contributed by atoms with van der Waals surface area (Å²) in [6.07, 6.45) is 1.67.